The summed E-state index contributed by atoms with van der Waals surface area (Å²) in [5, 5.41) is 19.2. The van der Waals surface area contributed by atoms with Crippen LogP contribution in [0.1, 0.15) is 12.8 Å². The maximum absolute atomic E-state index is 11.2. The molecule has 0 aliphatic heterocycles. The van der Waals surface area contributed by atoms with Crippen molar-refractivity contribution in [2.24, 2.45) is 5.14 Å². The van der Waals surface area contributed by atoms with Gasteiger partial charge in [-0.05, 0) is 37.2 Å². The third-order valence-corrected chi connectivity index (χ3v) is 3.85. The number of anilines is 1. The van der Waals surface area contributed by atoms with Crippen molar-refractivity contribution in [3.8, 4) is 0 Å². The summed E-state index contributed by atoms with van der Waals surface area (Å²) in [4.78, 5) is 9.94. The van der Waals surface area contributed by atoms with Crippen molar-refractivity contribution >= 4 is 38.7 Å². The van der Waals surface area contributed by atoms with Crippen molar-refractivity contribution in [2.75, 3.05) is 5.43 Å². The molecule has 0 aromatic heterocycles. The Kier molecular flexibility index (Phi) is 4.25. The predicted molar refractivity (Wildman–Crippen MR) is 80.0 cm³/mol. The van der Waals surface area contributed by atoms with Crippen LogP contribution in [0, 0.1) is 10.1 Å². The van der Waals surface area contributed by atoms with Gasteiger partial charge in [0.15, 0.2) is 5.11 Å². The van der Waals surface area contributed by atoms with Crippen LogP contribution in [0.25, 0.3) is 0 Å². The van der Waals surface area contributed by atoms with Gasteiger partial charge >= 0.3 is 0 Å². The first-order valence-corrected chi connectivity index (χ1v) is 7.86. The van der Waals surface area contributed by atoms with Crippen molar-refractivity contribution in [1.29, 1.82) is 0 Å². The van der Waals surface area contributed by atoms with E-state index >= 15 is 0 Å². The lowest BCUT2D eigenvalue weighted by Gasteiger charge is -2.12. The zero-order chi connectivity index (χ0) is 15.6. The molecule has 11 heteroatoms. The highest BCUT2D eigenvalue weighted by molar-refractivity contribution is 7.89. The van der Waals surface area contributed by atoms with Gasteiger partial charge in [-0.25, -0.2) is 13.6 Å². The molecule has 5 N–H and O–H groups in total. The fourth-order valence-corrected chi connectivity index (χ4v) is 2.27. The average Bonchev–Trinajstić information content (AvgIpc) is 3.18. The van der Waals surface area contributed by atoms with Gasteiger partial charge in [-0.15, -0.1) is 0 Å². The molecule has 1 saturated carbocycles. The topological polar surface area (TPSA) is 139 Å². The second-order valence-electron chi connectivity index (χ2n) is 4.48. The van der Waals surface area contributed by atoms with E-state index in [-0.39, 0.29) is 10.6 Å². The van der Waals surface area contributed by atoms with Crippen LogP contribution in [0.3, 0.4) is 0 Å². The third-order valence-electron chi connectivity index (χ3n) is 2.72. The summed E-state index contributed by atoms with van der Waals surface area (Å²) in [6, 6.07) is 3.64. The molecule has 1 aliphatic rings. The number of benzene rings is 1. The molecule has 0 atom stereocenters. The summed E-state index contributed by atoms with van der Waals surface area (Å²) < 4.78 is 22.4. The number of hydrogen-bond donors (Lipinski definition) is 4. The third kappa shape index (κ3) is 4.24. The maximum Gasteiger partial charge on any atom is 0.295 e. The van der Waals surface area contributed by atoms with Gasteiger partial charge in [-0.3, -0.25) is 21.0 Å². The first-order valence-electron chi connectivity index (χ1n) is 5.91. The van der Waals surface area contributed by atoms with Gasteiger partial charge in [0, 0.05) is 12.1 Å². The van der Waals surface area contributed by atoms with Crippen LogP contribution >= 0.6 is 12.2 Å². The molecule has 9 nitrogen and oxygen atoms in total. The summed E-state index contributed by atoms with van der Waals surface area (Å²) in [7, 11) is -4.01. The van der Waals surface area contributed by atoms with Gasteiger partial charge in [-0.2, -0.15) is 0 Å². The second kappa shape index (κ2) is 5.79. The molecule has 0 bridgehead atoms. The van der Waals surface area contributed by atoms with Gasteiger partial charge in [-0.1, -0.05) is 0 Å². The minimum atomic E-state index is -4.01. The molecule has 1 aromatic carbocycles. The number of hydrogen-bond acceptors (Lipinski definition) is 6. The second-order valence-corrected chi connectivity index (χ2v) is 6.45. The Morgan fingerprint density at radius 1 is 1.43 bits per heavy atom. The van der Waals surface area contributed by atoms with Crippen molar-refractivity contribution in [2.45, 2.75) is 23.8 Å². The molecule has 21 heavy (non-hydrogen) atoms. The minimum absolute atomic E-state index is 0.0762. The SMILES string of the molecule is NS(=O)(=O)c1ccc(NNC(=S)NC2CC2)c([N+](=O)[O-])c1. The molecule has 0 unspecified atom stereocenters. The molecule has 114 valence electrons. The van der Waals surface area contributed by atoms with Crippen LogP contribution < -0.4 is 21.3 Å². The number of nitro groups is 1. The van der Waals surface area contributed by atoms with Gasteiger partial charge < -0.3 is 5.32 Å². The first kappa shape index (κ1) is 15.4. The summed E-state index contributed by atoms with van der Waals surface area (Å²) in [6.07, 6.45) is 2.07. The van der Waals surface area contributed by atoms with E-state index in [1.807, 2.05) is 0 Å². The normalized spacial score (nSPS) is 14.3. The quantitative estimate of drug-likeness (QED) is 0.341. The van der Waals surface area contributed by atoms with Gasteiger partial charge in [0.1, 0.15) is 5.69 Å². The standard InChI is InChI=1S/C10H13N5O4S2/c11-21(18,19)7-3-4-8(9(5-7)15(16)17)13-14-10(20)12-6-1-2-6/h3-6,13H,1-2H2,(H2,11,18,19)(H2,12,14,20). The van der Waals surface area contributed by atoms with Crippen molar-refractivity contribution in [3.63, 3.8) is 0 Å². The predicted octanol–water partition coefficient (Wildman–Crippen LogP) is 0.196. The van der Waals surface area contributed by atoms with E-state index in [2.05, 4.69) is 16.2 Å². The fraction of sp³-hybridized carbons (Fsp3) is 0.300. The number of sulfonamides is 1. The van der Waals surface area contributed by atoms with Crippen LogP contribution in [-0.2, 0) is 10.0 Å². The largest absolute Gasteiger partial charge is 0.359 e. The van der Waals surface area contributed by atoms with E-state index in [0.29, 0.717) is 11.2 Å². The molecule has 0 heterocycles. The Morgan fingerprint density at radius 2 is 2.10 bits per heavy atom. The lowest BCUT2D eigenvalue weighted by molar-refractivity contribution is -0.384. The average molecular weight is 331 g/mol. The highest BCUT2D eigenvalue weighted by Gasteiger charge is 2.22. The zero-order valence-corrected chi connectivity index (χ0v) is 12.3. The number of nitrogens with one attached hydrogen (secondary N) is 3. The number of primary sulfonamides is 1. The van der Waals surface area contributed by atoms with Crippen LogP contribution in [0.5, 0.6) is 0 Å². The van der Waals surface area contributed by atoms with Crippen LogP contribution in [0.4, 0.5) is 11.4 Å². The number of nitrogens with two attached hydrogens (primary N) is 1. The highest BCUT2D eigenvalue weighted by Crippen LogP contribution is 2.26. The van der Waals surface area contributed by atoms with E-state index in [1.54, 1.807) is 0 Å². The minimum Gasteiger partial charge on any atom is -0.359 e. The molecule has 0 spiro atoms. The molecule has 0 radical (unpaired) electrons. The molecule has 2 rings (SSSR count). The van der Waals surface area contributed by atoms with Crippen LogP contribution in [0.15, 0.2) is 23.1 Å². The molecule has 1 aliphatic carbocycles. The number of hydrazine groups is 1. The van der Waals surface area contributed by atoms with E-state index in [4.69, 9.17) is 17.4 Å². The molecule has 0 amide bonds. The van der Waals surface area contributed by atoms with E-state index in [1.165, 1.54) is 12.1 Å². The fourth-order valence-electron chi connectivity index (χ4n) is 1.52. The number of nitro benzene ring substituents is 1. The molecule has 1 fully saturated rings. The van der Waals surface area contributed by atoms with Crippen LogP contribution in [0.2, 0.25) is 0 Å². The Labute approximate surface area is 126 Å². The number of rotatable bonds is 5. The molecular formula is C10H13N5O4S2. The molecule has 1 aromatic rings. The monoisotopic (exact) mass is 331 g/mol. The molecule has 0 saturated heterocycles. The van der Waals surface area contributed by atoms with E-state index < -0.39 is 20.6 Å². The summed E-state index contributed by atoms with van der Waals surface area (Å²) in [5.41, 5.74) is 4.83. The van der Waals surface area contributed by atoms with Gasteiger partial charge in [0.2, 0.25) is 10.0 Å². The maximum atomic E-state index is 11.2. The summed E-state index contributed by atoms with van der Waals surface area (Å²) in [5.74, 6) is 0. The lowest BCUT2D eigenvalue weighted by atomic mass is 10.3. The Balaban J connectivity index is 2.14. The van der Waals surface area contributed by atoms with Crippen molar-refractivity contribution in [3.05, 3.63) is 28.3 Å². The Bertz CT molecular complexity index is 687. The number of nitrogens with zero attached hydrogens (tertiary/aromatic N) is 1. The summed E-state index contributed by atoms with van der Waals surface area (Å²) in [6.45, 7) is 0. The van der Waals surface area contributed by atoms with Gasteiger partial charge in [0.25, 0.3) is 5.69 Å². The van der Waals surface area contributed by atoms with Crippen LogP contribution in [-0.4, -0.2) is 24.5 Å². The highest BCUT2D eigenvalue weighted by atomic mass is 32.2. The molecular weight excluding hydrogens is 318 g/mol. The zero-order valence-electron chi connectivity index (χ0n) is 10.7. The Morgan fingerprint density at radius 3 is 2.62 bits per heavy atom. The van der Waals surface area contributed by atoms with Gasteiger partial charge in [0.05, 0.1) is 9.82 Å². The first-order chi connectivity index (χ1) is 9.77. The van der Waals surface area contributed by atoms with Crippen molar-refractivity contribution in [1.82, 2.24) is 10.7 Å². The Hall–Kier alpha value is -1.98. The van der Waals surface area contributed by atoms with E-state index in [9.17, 15) is 18.5 Å². The summed E-state index contributed by atoms with van der Waals surface area (Å²) >= 11 is 4.99. The number of thiocarbonyl (C=S) groups is 1. The van der Waals surface area contributed by atoms with Crippen molar-refractivity contribution < 1.29 is 13.3 Å². The smallest absolute Gasteiger partial charge is 0.295 e. The lowest BCUT2D eigenvalue weighted by Crippen LogP contribution is -2.39. The van der Waals surface area contributed by atoms with E-state index in [0.717, 1.165) is 18.9 Å².